The highest BCUT2D eigenvalue weighted by Crippen LogP contribution is 2.43. The number of rotatable bonds is 4. The van der Waals surface area contributed by atoms with Crippen LogP contribution in [0.1, 0.15) is 64.6 Å². The number of imidazole rings is 1. The van der Waals surface area contributed by atoms with Crippen LogP contribution in [-0.4, -0.2) is 67.2 Å². The van der Waals surface area contributed by atoms with Crippen LogP contribution in [-0.2, 0) is 6.42 Å². The first kappa shape index (κ1) is 25.2. The molecule has 40 heavy (non-hydrogen) atoms. The van der Waals surface area contributed by atoms with E-state index in [-0.39, 0.29) is 30.1 Å². The summed E-state index contributed by atoms with van der Waals surface area (Å²) in [4.78, 5) is 35.6. The molecule has 1 aromatic carbocycles. The van der Waals surface area contributed by atoms with E-state index in [1.807, 2.05) is 11.0 Å². The van der Waals surface area contributed by atoms with Gasteiger partial charge in [-0.25, -0.2) is 18.7 Å². The number of aliphatic hydroxyl groups excluding tert-OH is 1. The van der Waals surface area contributed by atoms with Crippen molar-refractivity contribution in [2.75, 3.05) is 25.0 Å². The van der Waals surface area contributed by atoms with Crippen molar-refractivity contribution >= 4 is 34.6 Å². The lowest BCUT2D eigenvalue weighted by atomic mass is 10.0. The highest BCUT2D eigenvalue weighted by molar-refractivity contribution is 7.10. The Morgan fingerprint density at radius 1 is 1.12 bits per heavy atom. The number of hydrogen-bond acceptors (Lipinski definition) is 6. The summed E-state index contributed by atoms with van der Waals surface area (Å²) in [5, 5.41) is 19.1. The minimum absolute atomic E-state index is 0.0219. The highest BCUT2D eigenvalue weighted by Gasteiger charge is 2.33. The van der Waals surface area contributed by atoms with Gasteiger partial charge >= 0.3 is 6.03 Å². The molecule has 3 amide bonds. The maximum Gasteiger partial charge on any atom is 0.321 e. The number of carbonyl (C=O) groups is 2. The first-order valence-electron chi connectivity index (χ1n) is 13.7. The normalized spacial score (nSPS) is 20.7. The Morgan fingerprint density at radius 2 is 1.98 bits per heavy atom. The molecule has 2 fully saturated rings. The van der Waals surface area contributed by atoms with E-state index in [0.717, 1.165) is 24.8 Å². The van der Waals surface area contributed by atoms with Crippen molar-refractivity contribution in [2.45, 2.75) is 50.7 Å². The fourth-order valence-electron chi connectivity index (χ4n) is 5.79. The quantitative estimate of drug-likeness (QED) is 0.372. The van der Waals surface area contributed by atoms with Gasteiger partial charge in [-0.05, 0) is 79.8 Å². The number of anilines is 1. The molecule has 2 N–H and O–H groups in total. The van der Waals surface area contributed by atoms with Gasteiger partial charge in [-0.1, -0.05) is 0 Å². The number of likely N-dealkylation sites (tertiary alicyclic amines) is 1. The van der Waals surface area contributed by atoms with E-state index >= 15 is 4.39 Å². The Bertz CT molecular complexity index is 1650. The van der Waals surface area contributed by atoms with Crippen LogP contribution in [0.15, 0.2) is 41.9 Å². The molecule has 0 spiro atoms. The summed E-state index contributed by atoms with van der Waals surface area (Å²) in [7, 11) is 0. The number of benzene rings is 1. The Kier molecular flexibility index (Phi) is 6.08. The summed E-state index contributed by atoms with van der Waals surface area (Å²) in [6.07, 6.45) is 4.55. The van der Waals surface area contributed by atoms with E-state index in [2.05, 4.69) is 28.8 Å². The third kappa shape index (κ3) is 4.43. The van der Waals surface area contributed by atoms with E-state index in [9.17, 15) is 14.7 Å². The zero-order chi connectivity index (χ0) is 27.5. The first-order valence-corrected chi connectivity index (χ1v) is 14.5. The Hall–Kier alpha value is -3.83. The number of thiophene rings is 1. The van der Waals surface area contributed by atoms with Gasteiger partial charge in [0.2, 0.25) is 0 Å². The molecular formula is C29H29FN6O3S. The average Bonchev–Trinajstić information content (AvgIpc) is 3.30. The smallest absolute Gasteiger partial charge is 0.321 e. The number of aliphatic hydroxyl groups is 1. The minimum Gasteiger partial charge on any atom is -0.391 e. The van der Waals surface area contributed by atoms with Crippen molar-refractivity contribution in [2.24, 2.45) is 0 Å². The number of hydrogen-bond donors (Lipinski definition) is 2. The lowest BCUT2D eigenvalue weighted by Gasteiger charge is -2.33. The van der Waals surface area contributed by atoms with Crippen LogP contribution in [0.5, 0.6) is 0 Å². The second-order valence-electron chi connectivity index (χ2n) is 10.9. The molecule has 1 saturated heterocycles. The van der Waals surface area contributed by atoms with E-state index in [1.165, 1.54) is 21.4 Å². The Balaban J connectivity index is 1.18. The number of aromatic nitrogens is 3. The van der Waals surface area contributed by atoms with Crippen molar-refractivity contribution in [3.63, 3.8) is 0 Å². The summed E-state index contributed by atoms with van der Waals surface area (Å²) in [5.74, 6) is -0.332. The summed E-state index contributed by atoms with van der Waals surface area (Å²) < 4.78 is 16.9. The molecule has 206 valence electrons. The maximum atomic E-state index is 15.3. The van der Waals surface area contributed by atoms with Gasteiger partial charge in [0, 0.05) is 41.3 Å². The van der Waals surface area contributed by atoms with Gasteiger partial charge in [0.05, 0.1) is 24.0 Å². The van der Waals surface area contributed by atoms with Crippen LogP contribution in [0.2, 0.25) is 0 Å². The molecule has 2 aliphatic heterocycles. The van der Waals surface area contributed by atoms with Gasteiger partial charge in [-0.2, -0.15) is 5.10 Å². The molecule has 2 atom stereocenters. The lowest BCUT2D eigenvalue weighted by Crippen LogP contribution is -2.38. The fourth-order valence-corrected chi connectivity index (χ4v) is 6.76. The third-order valence-electron chi connectivity index (χ3n) is 8.18. The minimum atomic E-state index is -0.527. The van der Waals surface area contributed by atoms with Crippen LogP contribution < -0.4 is 5.32 Å². The summed E-state index contributed by atoms with van der Waals surface area (Å²) in [5.41, 5.74) is 4.18. The van der Waals surface area contributed by atoms with E-state index in [0.29, 0.717) is 48.2 Å². The van der Waals surface area contributed by atoms with Crippen molar-refractivity contribution in [1.82, 2.24) is 24.4 Å². The summed E-state index contributed by atoms with van der Waals surface area (Å²) in [6.45, 7) is 3.43. The molecule has 9 nitrogen and oxygen atoms in total. The SMILES string of the molecule is C[C@@H]1c2ccsc2CCN1C(=O)c1cc(C2CC2)c2nc(-c3ccc(NC(=O)N4CC[C@@H](O)C4)cc3F)cn2n1. The van der Waals surface area contributed by atoms with Crippen LogP contribution in [0.3, 0.4) is 0 Å². The highest BCUT2D eigenvalue weighted by atomic mass is 32.1. The molecule has 1 aliphatic carbocycles. The molecule has 5 heterocycles. The van der Waals surface area contributed by atoms with E-state index in [4.69, 9.17) is 4.98 Å². The number of nitrogens with one attached hydrogen (secondary N) is 1. The number of β-amino-alcohol motifs (C(OH)–C–C–N with tert-alkyl or cyclic N) is 1. The van der Waals surface area contributed by atoms with Gasteiger partial charge in [0.15, 0.2) is 5.65 Å². The second-order valence-corrected chi connectivity index (χ2v) is 11.9. The molecule has 3 aromatic heterocycles. The predicted octanol–water partition coefficient (Wildman–Crippen LogP) is 4.83. The average molecular weight is 561 g/mol. The number of nitrogens with zero attached hydrogens (tertiary/aromatic N) is 5. The summed E-state index contributed by atoms with van der Waals surface area (Å²) in [6, 6.07) is 8.06. The zero-order valence-electron chi connectivity index (χ0n) is 22.0. The molecule has 1 saturated carbocycles. The van der Waals surface area contributed by atoms with Crippen LogP contribution in [0.25, 0.3) is 16.9 Å². The zero-order valence-corrected chi connectivity index (χ0v) is 22.8. The van der Waals surface area contributed by atoms with Gasteiger partial charge in [-0.15, -0.1) is 11.3 Å². The topological polar surface area (TPSA) is 103 Å². The fraction of sp³-hybridized carbons (Fsp3) is 0.379. The van der Waals surface area contributed by atoms with Crippen LogP contribution in [0, 0.1) is 5.82 Å². The van der Waals surface area contributed by atoms with Crippen molar-refractivity contribution in [3.8, 4) is 11.3 Å². The molecule has 3 aliphatic rings. The number of urea groups is 1. The molecule has 0 bridgehead atoms. The van der Waals surface area contributed by atoms with E-state index < -0.39 is 11.9 Å². The molecule has 0 radical (unpaired) electrons. The largest absolute Gasteiger partial charge is 0.391 e. The number of halogens is 1. The number of carbonyl (C=O) groups excluding carboxylic acids is 2. The van der Waals surface area contributed by atoms with Gasteiger partial charge in [-0.3, -0.25) is 4.79 Å². The molecular weight excluding hydrogens is 531 g/mol. The van der Waals surface area contributed by atoms with Gasteiger partial charge in [0.25, 0.3) is 5.91 Å². The van der Waals surface area contributed by atoms with Gasteiger partial charge < -0.3 is 20.2 Å². The maximum absolute atomic E-state index is 15.3. The number of amides is 3. The van der Waals surface area contributed by atoms with Gasteiger partial charge in [0.1, 0.15) is 11.5 Å². The Labute approximate surface area is 234 Å². The van der Waals surface area contributed by atoms with E-state index in [1.54, 1.807) is 34.2 Å². The molecule has 0 unspecified atom stereocenters. The van der Waals surface area contributed by atoms with Crippen LogP contribution in [0.4, 0.5) is 14.9 Å². The third-order valence-corrected chi connectivity index (χ3v) is 9.17. The first-order chi connectivity index (χ1) is 19.4. The van der Waals surface area contributed by atoms with Crippen molar-refractivity contribution < 1.29 is 19.1 Å². The monoisotopic (exact) mass is 560 g/mol. The number of fused-ring (bicyclic) bond motifs is 2. The second kappa shape index (κ2) is 9.67. The van der Waals surface area contributed by atoms with Crippen molar-refractivity contribution in [3.05, 3.63) is 69.4 Å². The van der Waals surface area contributed by atoms with Crippen LogP contribution >= 0.6 is 11.3 Å². The lowest BCUT2D eigenvalue weighted by molar-refractivity contribution is 0.0671. The predicted molar refractivity (Wildman–Crippen MR) is 149 cm³/mol. The molecule has 4 aromatic rings. The molecule has 11 heteroatoms. The standard InChI is InChI=1S/C29H29FN6O3S/c1-16-20-8-11-40-26(20)7-10-35(16)28(38)24-13-22(17-2-3-17)27-32-25(15-36(27)33-24)21-5-4-18(12-23(21)30)31-29(39)34-9-6-19(37)14-34/h4-5,8,11-13,15-17,19,37H,2-3,6-7,9-10,14H2,1H3,(H,31,39)/t16-,19-/m1/s1. The molecule has 7 rings (SSSR count). The summed E-state index contributed by atoms with van der Waals surface area (Å²) >= 11 is 1.74. The van der Waals surface area contributed by atoms with Crippen molar-refractivity contribution in [1.29, 1.82) is 0 Å². The Morgan fingerprint density at radius 3 is 2.73 bits per heavy atom.